The van der Waals surface area contributed by atoms with Gasteiger partial charge in [0.05, 0.1) is 0 Å². The molecule has 5 heteroatoms. The Kier molecular flexibility index (Phi) is 7.19. The van der Waals surface area contributed by atoms with E-state index >= 15 is 0 Å². The average Bonchev–Trinajstić information content (AvgIpc) is 2.28. The molecule has 0 heterocycles. The third-order valence-corrected chi connectivity index (χ3v) is 2.95. The van der Waals surface area contributed by atoms with E-state index in [9.17, 15) is 4.79 Å². The van der Waals surface area contributed by atoms with Crippen molar-refractivity contribution in [1.29, 1.82) is 0 Å². The fraction of sp³-hybridized carbons (Fsp3) is 0.417. The number of nitrogens with zero attached hydrogens (tertiary/aromatic N) is 1. The van der Waals surface area contributed by atoms with Crippen molar-refractivity contribution in [3.63, 3.8) is 0 Å². The molecule has 3 nitrogen and oxygen atoms in total. The molecule has 0 unspecified atom stereocenters. The number of hydrogen-bond donors (Lipinski definition) is 1. The first-order chi connectivity index (χ1) is 7.57. The van der Waals surface area contributed by atoms with Gasteiger partial charge in [0.2, 0.25) is 0 Å². The molecule has 1 aromatic carbocycles. The Hall–Kier alpha value is -0.770. The lowest BCUT2D eigenvalue weighted by atomic mass is 10.1. The zero-order chi connectivity index (χ0) is 12.1. The molecule has 0 radical (unpaired) electrons. The van der Waals surface area contributed by atoms with Crippen LogP contribution in [0, 0.1) is 6.92 Å². The molecule has 0 aliphatic heterocycles. The van der Waals surface area contributed by atoms with Gasteiger partial charge in [0.15, 0.2) is 0 Å². The standard InChI is InChI=1S/C12H17ClN2O.ClH/c1-9-10(5-4-6-11(9)13)12(16)15(3)8-7-14-2;/h4-6,14H,7-8H2,1-3H3;1H. The van der Waals surface area contributed by atoms with Gasteiger partial charge in [0.25, 0.3) is 5.91 Å². The second-order valence-corrected chi connectivity index (χ2v) is 4.15. The van der Waals surface area contributed by atoms with Crippen LogP contribution in [-0.2, 0) is 0 Å². The van der Waals surface area contributed by atoms with E-state index in [4.69, 9.17) is 11.6 Å². The molecular weight excluding hydrogens is 259 g/mol. The molecule has 1 N–H and O–H groups in total. The third-order valence-electron chi connectivity index (χ3n) is 2.54. The van der Waals surface area contributed by atoms with Gasteiger partial charge < -0.3 is 10.2 Å². The lowest BCUT2D eigenvalue weighted by Crippen LogP contribution is -2.33. The van der Waals surface area contributed by atoms with E-state index in [1.807, 2.05) is 14.0 Å². The minimum Gasteiger partial charge on any atom is -0.340 e. The second-order valence-electron chi connectivity index (χ2n) is 3.74. The van der Waals surface area contributed by atoms with Crippen LogP contribution in [-0.4, -0.2) is 38.0 Å². The number of carbonyl (C=O) groups is 1. The predicted molar refractivity (Wildman–Crippen MR) is 74.3 cm³/mol. The second kappa shape index (κ2) is 7.54. The third kappa shape index (κ3) is 4.19. The van der Waals surface area contributed by atoms with Gasteiger partial charge in [-0.3, -0.25) is 4.79 Å². The predicted octanol–water partition coefficient (Wildman–Crippen LogP) is 2.36. The first kappa shape index (κ1) is 16.2. The maximum atomic E-state index is 12.1. The molecule has 1 aromatic rings. The van der Waals surface area contributed by atoms with E-state index in [0.29, 0.717) is 17.1 Å². The van der Waals surface area contributed by atoms with Crippen LogP contribution >= 0.6 is 24.0 Å². The van der Waals surface area contributed by atoms with Crippen LogP contribution in [0.4, 0.5) is 0 Å². The Balaban J connectivity index is 0.00000256. The van der Waals surface area contributed by atoms with Crippen molar-refractivity contribution in [1.82, 2.24) is 10.2 Å². The van der Waals surface area contributed by atoms with E-state index in [-0.39, 0.29) is 18.3 Å². The molecule has 1 rings (SSSR count). The molecule has 0 bridgehead atoms. The van der Waals surface area contributed by atoms with E-state index in [0.717, 1.165) is 12.1 Å². The van der Waals surface area contributed by atoms with E-state index in [1.54, 1.807) is 30.1 Å². The first-order valence-electron chi connectivity index (χ1n) is 5.23. The summed E-state index contributed by atoms with van der Waals surface area (Å²) in [6, 6.07) is 5.40. The molecule has 0 fully saturated rings. The van der Waals surface area contributed by atoms with Crippen molar-refractivity contribution in [3.8, 4) is 0 Å². The number of halogens is 2. The Morgan fingerprint density at radius 2 is 2.12 bits per heavy atom. The molecule has 17 heavy (non-hydrogen) atoms. The molecule has 0 aliphatic carbocycles. The van der Waals surface area contributed by atoms with Crippen molar-refractivity contribution >= 4 is 29.9 Å². The highest BCUT2D eigenvalue weighted by Crippen LogP contribution is 2.19. The molecule has 0 aliphatic rings. The topological polar surface area (TPSA) is 32.3 Å². The lowest BCUT2D eigenvalue weighted by Gasteiger charge is -2.18. The molecular formula is C12H18Cl2N2O. The number of benzene rings is 1. The lowest BCUT2D eigenvalue weighted by molar-refractivity contribution is 0.0796. The van der Waals surface area contributed by atoms with Gasteiger partial charge in [-0.1, -0.05) is 17.7 Å². The summed E-state index contributed by atoms with van der Waals surface area (Å²) in [6.45, 7) is 3.32. The monoisotopic (exact) mass is 276 g/mol. The number of carbonyl (C=O) groups excluding carboxylic acids is 1. The largest absolute Gasteiger partial charge is 0.340 e. The number of rotatable bonds is 4. The van der Waals surface area contributed by atoms with Crippen LogP contribution in [0.15, 0.2) is 18.2 Å². The van der Waals surface area contributed by atoms with E-state index in [1.165, 1.54) is 0 Å². The van der Waals surface area contributed by atoms with Crippen molar-refractivity contribution in [2.75, 3.05) is 27.2 Å². The maximum absolute atomic E-state index is 12.1. The van der Waals surface area contributed by atoms with Crippen LogP contribution in [0.2, 0.25) is 5.02 Å². The van der Waals surface area contributed by atoms with Crippen molar-refractivity contribution in [2.45, 2.75) is 6.92 Å². The summed E-state index contributed by atoms with van der Waals surface area (Å²) < 4.78 is 0. The van der Waals surface area contributed by atoms with Gasteiger partial charge in [0, 0.05) is 30.7 Å². The summed E-state index contributed by atoms with van der Waals surface area (Å²) in [5.74, 6) is 0.00949. The minimum absolute atomic E-state index is 0. The van der Waals surface area contributed by atoms with Crippen molar-refractivity contribution in [2.24, 2.45) is 0 Å². The summed E-state index contributed by atoms with van der Waals surface area (Å²) in [6.07, 6.45) is 0. The van der Waals surface area contributed by atoms with Gasteiger partial charge in [-0.2, -0.15) is 0 Å². The highest BCUT2D eigenvalue weighted by atomic mass is 35.5. The van der Waals surface area contributed by atoms with Crippen LogP contribution in [0.25, 0.3) is 0 Å². The first-order valence-corrected chi connectivity index (χ1v) is 5.61. The molecule has 0 spiro atoms. The van der Waals surface area contributed by atoms with Crippen LogP contribution < -0.4 is 5.32 Å². The number of likely N-dealkylation sites (N-methyl/N-ethyl adjacent to an activating group) is 2. The number of amides is 1. The fourth-order valence-corrected chi connectivity index (χ4v) is 1.60. The summed E-state index contributed by atoms with van der Waals surface area (Å²) in [4.78, 5) is 13.8. The van der Waals surface area contributed by atoms with Gasteiger partial charge in [-0.25, -0.2) is 0 Å². The molecule has 0 saturated carbocycles. The summed E-state index contributed by atoms with van der Waals surface area (Å²) in [7, 11) is 3.66. The quantitative estimate of drug-likeness (QED) is 0.916. The van der Waals surface area contributed by atoms with Crippen molar-refractivity contribution < 1.29 is 4.79 Å². The normalized spacial score (nSPS) is 9.65. The van der Waals surface area contributed by atoms with Crippen LogP contribution in [0.3, 0.4) is 0 Å². The Morgan fingerprint density at radius 3 is 2.71 bits per heavy atom. The van der Waals surface area contributed by atoms with Gasteiger partial charge >= 0.3 is 0 Å². The molecule has 0 aromatic heterocycles. The van der Waals surface area contributed by atoms with Gasteiger partial charge in [-0.05, 0) is 31.7 Å². The average molecular weight is 277 g/mol. The molecule has 96 valence electrons. The Morgan fingerprint density at radius 1 is 1.47 bits per heavy atom. The van der Waals surface area contributed by atoms with Crippen molar-refractivity contribution in [3.05, 3.63) is 34.3 Å². The molecule has 0 saturated heterocycles. The summed E-state index contributed by atoms with van der Waals surface area (Å²) in [5, 5.41) is 3.64. The highest BCUT2D eigenvalue weighted by molar-refractivity contribution is 6.31. The maximum Gasteiger partial charge on any atom is 0.253 e. The number of hydrogen-bond acceptors (Lipinski definition) is 2. The van der Waals surface area contributed by atoms with Gasteiger partial charge in [-0.15, -0.1) is 12.4 Å². The summed E-state index contributed by atoms with van der Waals surface area (Å²) >= 11 is 5.98. The summed E-state index contributed by atoms with van der Waals surface area (Å²) in [5.41, 5.74) is 1.51. The van der Waals surface area contributed by atoms with Crippen LogP contribution in [0.1, 0.15) is 15.9 Å². The fourth-order valence-electron chi connectivity index (χ4n) is 1.43. The smallest absolute Gasteiger partial charge is 0.253 e. The molecule has 0 atom stereocenters. The van der Waals surface area contributed by atoms with Crippen LogP contribution in [0.5, 0.6) is 0 Å². The Labute approximate surface area is 114 Å². The highest BCUT2D eigenvalue weighted by Gasteiger charge is 2.14. The molecule has 1 amide bonds. The van der Waals surface area contributed by atoms with E-state index < -0.39 is 0 Å². The zero-order valence-electron chi connectivity index (χ0n) is 10.3. The van der Waals surface area contributed by atoms with Gasteiger partial charge in [0.1, 0.15) is 0 Å². The SMILES string of the molecule is CNCCN(C)C(=O)c1cccc(Cl)c1C.Cl. The van der Waals surface area contributed by atoms with E-state index in [2.05, 4.69) is 5.32 Å². The number of nitrogens with one attached hydrogen (secondary N) is 1. The Bertz CT molecular complexity index is 383. The minimum atomic E-state index is 0. The zero-order valence-corrected chi connectivity index (χ0v) is 11.9.